The van der Waals surface area contributed by atoms with E-state index in [9.17, 15) is 5.11 Å². The summed E-state index contributed by atoms with van der Waals surface area (Å²) >= 11 is 0. The zero-order valence-corrected chi connectivity index (χ0v) is 12.1. The molecule has 5 nitrogen and oxygen atoms in total. The van der Waals surface area contributed by atoms with Gasteiger partial charge in [0.15, 0.2) is 11.5 Å². The van der Waals surface area contributed by atoms with Crippen molar-refractivity contribution in [3.05, 3.63) is 40.8 Å². The topological polar surface area (TPSA) is 67.5 Å². The largest absolute Gasteiger partial charge is 0.504 e. The first-order valence-electron chi connectivity index (χ1n) is 6.69. The standard InChI is InChI=1S/C15H20N2O3/c1-4-19-15-7-12(5-6-14(15)18)8-16-9-13-10(2)17-20-11(13)3/h5-7,16,18H,4,8-9H2,1-3H3. The van der Waals surface area contributed by atoms with Crippen LogP contribution in [-0.2, 0) is 13.1 Å². The molecule has 0 spiro atoms. The molecule has 20 heavy (non-hydrogen) atoms. The molecule has 2 aromatic rings. The van der Waals surface area contributed by atoms with Crippen LogP contribution in [0.3, 0.4) is 0 Å². The van der Waals surface area contributed by atoms with Gasteiger partial charge in [0.2, 0.25) is 0 Å². The molecule has 1 aromatic heterocycles. The number of aryl methyl sites for hydroxylation is 2. The second-order valence-electron chi connectivity index (χ2n) is 4.64. The van der Waals surface area contributed by atoms with Crippen LogP contribution in [0.4, 0.5) is 0 Å². The summed E-state index contributed by atoms with van der Waals surface area (Å²) in [5.74, 6) is 1.53. The highest BCUT2D eigenvalue weighted by Gasteiger charge is 2.08. The van der Waals surface area contributed by atoms with E-state index >= 15 is 0 Å². The van der Waals surface area contributed by atoms with Gasteiger partial charge in [0.1, 0.15) is 5.76 Å². The van der Waals surface area contributed by atoms with E-state index < -0.39 is 0 Å². The minimum Gasteiger partial charge on any atom is -0.504 e. The maximum atomic E-state index is 9.65. The molecular formula is C15H20N2O3. The van der Waals surface area contributed by atoms with Gasteiger partial charge in [0.05, 0.1) is 12.3 Å². The van der Waals surface area contributed by atoms with Gasteiger partial charge in [0, 0.05) is 18.7 Å². The summed E-state index contributed by atoms with van der Waals surface area (Å²) in [4.78, 5) is 0. The van der Waals surface area contributed by atoms with Crippen LogP contribution in [0.1, 0.15) is 29.5 Å². The first kappa shape index (κ1) is 14.4. The number of nitrogens with zero attached hydrogens (tertiary/aromatic N) is 1. The van der Waals surface area contributed by atoms with Gasteiger partial charge in [0.25, 0.3) is 0 Å². The number of phenolic OH excluding ortho intramolecular Hbond substituents is 1. The lowest BCUT2D eigenvalue weighted by Crippen LogP contribution is -2.13. The molecular weight excluding hydrogens is 256 g/mol. The van der Waals surface area contributed by atoms with Gasteiger partial charge in [-0.3, -0.25) is 0 Å². The molecule has 0 aliphatic rings. The second-order valence-corrected chi connectivity index (χ2v) is 4.64. The first-order valence-corrected chi connectivity index (χ1v) is 6.69. The van der Waals surface area contributed by atoms with Gasteiger partial charge >= 0.3 is 0 Å². The van der Waals surface area contributed by atoms with Gasteiger partial charge in [-0.1, -0.05) is 11.2 Å². The average Bonchev–Trinajstić information content (AvgIpc) is 2.74. The highest BCUT2D eigenvalue weighted by Crippen LogP contribution is 2.26. The summed E-state index contributed by atoms with van der Waals surface area (Å²) in [5.41, 5.74) is 3.06. The van der Waals surface area contributed by atoms with Gasteiger partial charge in [-0.2, -0.15) is 0 Å². The van der Waals surface area contributed by atoms with E-state index in [0.29, 0.717) is 25.4 Å². The van der Waals surface area contributed by atoms with E-state index in [1.165, 1.54) is 0 Å². The number of aromatic hydroxyl groups is 1. The number of ether oxygens (including phenoxy) is 1. The maximum Gasteiger partial charge on any atom is 0.161 e. The van der Waals surface area contributed by atoms with Crippen LogP contribution in [-0.4, -0.2) is 16.9 Å². The number of hydrogen-bond donors (Lipinski definition) is 2. The molecule has 108 valence electrons. The Balaban J connectivity index is 1.96. The zero-order chi connectivity index (χ0) is 14.5. The highest BCUT2D eigenvalue weighted by atomic mass is 16.5. The molecule has 1 heterocycles. The minimum absolute atomic E-state index is 0.168. The molecule has 0 atom stereocenters. The third kappa shape index (κ3) is 3.30. The Morgan fingerprint density at radius 3 is 2.75 bits per heavy atom. The van der Waals surface area contributed by atoms with Crippen molar-refractivity contribution in [3.8, 4) is 11.5 Å². The van der Waals surface area contributed by atoms with Crippen molar-refractivity contribution < 1.29 is 14.4 Å². The lowest BCUT2D eigenvalue weighted by molar-refractivity contribution is 0.317. The number of hydrogen-bond acceptors (Lipinski definition) is 5. The summed E-state index contributed by atoms with van der Waals surface area (Å²) < 4.78 is 10.5. The lowest BCUT2D eigenvalue weighted by Gasteiger charge is -2.09. The third-order valence-corrected chi connectivity index (χ3v) is 3.14. The molecule has 0 bridgehead atoms. The summed E-state index contributed by atoms with van der Waals surface area (Å²) in [6, 6.07) is 5.37. The minimum atomic E-state index is 0.168. The van der Waals surface area contributed by atoms with Gasteiger partial charge in [-0.05, 0) is 38.5 Å². The Hall–Kier alpha value is -2.01. The molecule has 0 aliphatic carbocycles. The van der Waals surface area contributed by atoms with E-state index in [1.807, 2.05) is 32.9 Å². The van der Waals surface area contributed by atoms with Crippen molar-refractivity contribution >= 4 is 0 Å². The van der Waals surface area contributed by atoms with Crippen molar-refractivity contribution in [1.82, 2.24) is 10.5 Å². The fourth-order valence-electron chi connectivity index (χ4n) is 2.03. The van der Waals surface area contributed by atoms with Crippen LogP contribution in [0.2, 0.25) is 0 Å². The third-order valence-electron chi connectivity index (χ3n) is 3.14. The van der Waals surface area contributed by atoms with E-state index in [1.54, 1.807) is 6.07 Å². The number of rotatable bonds is 6. The van der Waals surface area contributed by atoms with Crippen LogP contribution < -0.4 is 10.1 Å². The SMILES string of the molecule is CCOc1cc(CNCc2c(C)noc2C)ccc1O. The fourth-order valence-corrected chi connectivity index (χ4v) is 2.03. The highest BCUT2D eigenvalue weighted by molar-refractivity contribution is 5.41. The Morgan fingerprint density at radius 1 is 1.30 bits per heavy atom. The number of benzene rings is 1. The quantitative estimate of drug-likeness (QED) is 0.849. The fraction of sp³-hybridized carbons (Fsp3) is 0.400. The smallest absolute Gasteiger partial charge is 0.161 e. The maximum absolute atomic E-state index is 9.65. The van der Waals surface area contributed by atoms with Gasteiger partial charge in [-0.15, -0.1) is 0 Å². The van der Waals surface area contributed by atoms with Crippen molar-refractivity contribution in [2.45, 2.75) is 33.9 Å². The summed E-state index contributed by atoms with van der Waals surface area (Å²) in [7, 11) is 0. The number of phenols is 1. The monoisotopic (exact) mass is 276 g/mol. The van der Waals surface area contributed by atoms with Crippen LogP contribution >= 0.6 is 0 Å². The molecule has 1 aromatic carbocycles. The van der Waals surface area contributed by atoms with E-state index in [4.69, 9.17) is 9.26 Å². The van der Waals surface area contributed by atoms with E-state index in [0.717, 1.165) is 22.6 Å². The average molecular weight is 276 g/mol. The van der Waals surface area contributed by atoms with Gasteiger partial charge < -0.3 is 19.7 Å². The predicted molar refractivity (Wildman–Crippen MR) is 75.8 cm³/mol. The molecule has 0 unspecified atom stereocenters. The normalized spacial score (nSPS) is 10.8. The molecule has 0 saturated carbocycles. The summed E-state index contributed by atoms with van der Waals surface area (Å²) in [5, 5.41) is 16.9. The Bertz CT molecular complexity index is 559. The molecule has 2 N–H and O–H groups in total. The van der Waals surface area contributed by atoms with Crippen LogP contribution in [0.5, 0.6) is 11.5 Å². The summed E-state index contributed by atoms with van der Waals surface area (Å²) in [6.07, 6.45) is 0. The Morgan fingerprint density at radius 2 is 2.10 bits per heavy atom. The van der Waals surface area contributed by atoms with Crippen molar-refractivity contribution in [1.29, 1.82) is 0 Å². The van der Waals surface area contributed by atoms with Crippen molar-refractivity contribution in [3.63, 3.8) is 0 Å². The van der Waals surface area contributed by atoms with Gasteiger partial charge in [-0.25, -0.2) is 0 Å². The Labute approximate surface area is 118 Å². The van der Waals surface area contributed by atoms with Crippen LogP contribution in [0.15, 0.2) is 22.7 Å². The van der Waals surface area contributed by atoms with Crippen LogP contribution in [0, 0.1) is 13.8 Å². The lowest BCUT2D eigenvalue weighted by atomic mass is 10.1. The van der Waals surface area contributed by atoms with E-state index in [2.05, 4.69) is 10.5 Å². The van der Waals surface area contributed by atoms with Crippen molar-refractivity contribution in [2.24, 2.45) is 0 Å². The van der Waals surface area contributed by atoms with Crippen LogP contribution in [0.25, 0.3) is 0 Å². The zero-order valence-electron chi connectivity index (χ0n) is 12.1. The van der Waals surface area contributed by atoms with E-state index in [-0.39, 0.29) is 5.75 Å². The molecule has 0 amide bonds. The summed E-state index contributed by atoms with van der Waals surface area (Å²) in [6.45, 7) is 7.65. The molecule has 2 rings (SSSR count). The molecule has 0 saturated heterocycles. The van der Waals surface area contributed by atoms with Crippen molar-refractivity contribution in [2.75, 3.05) is 6.61 Å². The number of nitrogens with one attached hydrogen (secondary N) is 1. The predicted octanol–water partition coefficient (Wildman–Crippen LogP) is 2.69. The molecule has 0 fully saturated rings. The first-order chi connectivity index (χ1) is 9.61. The second kappa shape index (κ2) is 6.43. The molecule has 5 heteroatoms. The Kier molecular flexibility index (Phi) is 4.63. The molecule has 0 aliphatic heterocycles. The number of aromatic nitrogens is 1. The molecule has 0 radical (unpaired) electrons.